The number of benzene rings is 1. The molecule has 1 aliphatic heterocycles. The van der Waals surface area contributed by atoms with Gasteiger partial charge in [0.1, 0.15) is 11.7 Å². The lowest BCUT2D eigenvalue weighted by Gasteiger charge is -2.06. The maximum absolute atomic E-state index is 5.84. The third-order valence-electron chi connectivity index (χ3n) is 3.14. The van der Waals surface area contributed by atoms with Crippen molar-refractivity contribution in [3.8, 4) is 0 Å². The van der Waals surface area contributed by atoms with E-state index in [1.165, 1.54) is 5.56 Å². The van der Waals surface area contributed by atoms with Crippen molar-refractivity contribution in [2.45, 2.75) is 18.6 Å². The predicted molar refractivity (Wildman–Crippen MR) is 61.9 cm³/mol. The van der Waals surface area contributed by atoms with Gasteiger partial charge in [-0.25, -0.2) is 0 Å². The zero-order valence-electron chi connectivity index (χ0n) is 9.13. The van der Waals surface area contributed by atoms with Gasteiger partial charge in [-0.1, -0.05) is 36.4 Å². The molecule has 0 spiro atoms. The molecule has 2 unspecified atom stereocenters. The van der Waals surface area contributed by atoms with Gasteiger partial charge in [0.15, 0.2) is 0 Å². The van der Waals surface area contributed by atoms with Gasteiger partial charge in [-0.15, -0.1) is 0 Å². The number of nitrogens with zero attached hydrogens (tertiary/aromatic N) is 1. The molecule has 1 saturated heterocycles. The Labute approximate surface area is 94.9 Å². The Bertz CT molecular complexity index is 483. The number of rotatable bonds is 2. The monoisotopic (exact) mass is 211 g/mol. The van der Waals surface area contributed by atoms with Gasteiger partial charge >= 0.3 is 0 Å². The number of epoxide rings is 1. The predicted octanol–water partition coefficient (Wildman–Crippen LogP) is 3.07. The highest BCUT2D eigenvalue weighted by Gasteiger charge is 2.54. The lowest BCUT2D eigenvalue weighted by atomic mass is 9.94. The molecule has 2 atom stereocenters. The molecule has 3 rings (SSSR count). The highest BCUT2D eigenvalue weighted by atomic mass is 16.6. The SMILES string of the molecule is CC1(c2ccccc2)OC1c1cccnc1. The van der Waals surface area contributed by atoms with E-state index >= 15 is 0 Å². The van der Waals surface area contributed by atoms with Crippen LogP contribution in [-0.4, -0.2) is 4.98 Å². The molecule has 0 radical (unpaired) electrons. The summed E-state index contributed by atoms with van der Waals surface area (Å²) in [5.74, 6) is 0. The van der Waals surface area contributed by atoms with Crippen LogP contribution in [0.2, 0.25) is 0 Å². The van der Waals surface area contributed by atoms with Gasteiger partial charge in [0, 0.05) is 18.0 Å². The lowest BCUT2D eigenvalue weighted by molar-refractivity contribution is 0.313. The fourth-order valence-corrected chi connectivity index (χ4v) is 2.12. The Hall–Kier alpha value is -1.67. The summed E-state index contributed by atoms with van der Waals surface area (Å²) in [6, 6.07) is 14.3. The lowest BCUT2D eigenvalue weighted by Crippen LogP contribution is -2.03. The Morgan fingerprint density at radius 2 is 1.94 bits per heavy atom. The van der Waals surface area contributed by atoms with Crippen LogP contribution in [0.3, 0.4) is 0 Å². The van der Waals surface area contributed by atoms with Crippen molar-refractivity contribution in [2.75, 3.05) is 0 Å². The second-order valence-corrected chi connectivity index (χ2v) is 4.26. The minimum atomic E-state index is -0.176. The minimum Gasteiger partial charge on any atom is -0.356 e. The van der Waals surface area contributed by atoms with E-state index in [4.69, 9.17) is 4.74 Å². The molecule has 1 aromatic heterocycles. The maximum Gasteiger partial charge on any atom is 0.122 e. The second-order valence-electron chi connectivity index (χ2n) is 4.26. The molecule has 0 amide bonds. The summed E-state index contributed by atoms with van der Waals surface area (Å²) in [4.78, 5) is 4.13. The molecule has 0 N–H and O–H groups in total. The van der Waals surface area contributed by atoms with E-state index in [2.05, 4.69) is 30.1 Å². The van der Waals surface area contributed by atoms with Crippen LogP contribution < -0.4 is 0 Å². The molecule has 80 valence electrons. The van der Waals surface area contributed by atoms with E-state index in [-0.39, 0.29) is 11.7 Å². The third kappa shape index (κ3) is 1.42. The molecular weight excluding hydrogens is 198 g/mol. The zero-order chi connectivity index (χ0) is 11.0. The smallest absolute Gasteiger partial charge is 0.122 e. The molecule has 16 heavy (non-hydrogen) atoms. The summed E-state index contributed by atoms with van der Waals surface area (Å²) in [5, 5.41) is 0. The highest BCUT2D eigenvalue weighted by molar-refractivity contribution is 5.33. The molecule has 1 aromatic carbocycles. The van der Waals surface area contributed by atoms with Gasteiger partial charge in [-0.2, -0.15) is 0 Å². The van der Waals surface area contributed by atoms with Crippen molar-refractivity contribution >= 4 is 0 Å². The zero-order valence-corrected chi connectivity index (χ0v) is 9.13. The molecule has 1 fully saturated rings. The molecule has 0 aliphatic carbocycles. The van der Waals surface area contributed by atoms with Crippen molar-refractivity contribution in [3.63, 3.8) is 0 Å². The van der Waals surface area contributed by atoms with E-state index in [0.29, 0.717) is 0 Å². The fraction of sp³-hybridized carbons (Fsp3) is 0.214. The van der Waals surface area contributed by atoms with Gasteiger partial charge in [0.2, 0.25) is 0 Å². The van der Waals surface area contributed by atoms with Gasteiger partial charge < -0.3 is 4.74 Å². The van der Waals surface area contributed by atoms with Crippen LogP contribution in [0.4, 0.5) is 0 Å². The highest BCUT2D eigenvalue weighted by Crippen LogP contribution is 2.56. The summed E-state index contributed by atoms with van der Waals surface area (Å²) >= 11 is 0. The minimum absolute atomic E-state index is 0.142. The molecule has 1 aliphatic rings. The van der Waals surface area contributed by atoms with Crippen LogP contribution in [0.5, 0.6) is 0 Å². The average molecular weight is 211 g/mol. The average Bonchev–Trinajstić information content (AvgIpc) is 3.06. The Morgan fingerprint density at radius 3 is 2.62 bits per heavy atom. The van der Waals surface area contributed by atoms with E-state index in [9.17, 15) is 0 Å². The van der Waals surface area contributed by atoms with Gasteiger partial charge in [-0.3, -0.25) is 4.98 Å². The largest absolute Gasteiger partial charge is 0.356 e. The quantitative estimate of drug-likeness (QED) is 0.713. The van der Waals surface area contributed by atoms with Crippen LogP contribution in [0.1, 0.15) is 24.2 Å². The van der Waals surface area contributed by atoms with Crippen LogP contribution in [-0.2, 0) is 10.3 Å². The number of ether oxygens (including phenoxy) is 1. The number of hydrogen-bond acceptors (Lipinski definition) is 2. The molecule has 2 heterocycles. The van der Waals surface area contributed by atoms with E-state index in [0.717, 1.165) is 5.56 Å². The van der Waals surface area contributed by atoms with Gasteiger partial charge in [-0.05, 0) is 18.6 Å². The standard InChI is InChI=1S/C14H13NO/c1-14(12-7-3-2-4-8-12)13(16-14)11-6-5-9-15-10-11/h2-10,13H,1H3. The van der Waals surface area contributed by atoms with Crippen LogP contribution in [0.15, 0.2) is 54.9 Å². The van der Waals surface area contributed by atoms with E-state index in [1.54, 1.807) is 6.20 Å². The van der Waals surface area contributed by atoms with Gasteiger partial charge in [0.25, 0.3) is 0 Å². The molecule has 2 nitrogen and oxygen atoms in total. The molecule has 0 saturated carbocycles. The molecular formula is C14H13NO. The van der Waals surface area contributed by atoms with Gasteiger partial charge in [0.05, 0.1) is 0 Å². The van der Waals surface area contributed by atoms with E-state index in [1.807, 2.05) is 30.5 Å². The fourth-order valence-electron chi connectivity index (χ4n) is 2.12. The van der Waals surface area contributed by atoms with Crippen molar-refractivity contribution in [2.24, 2.45) is 0 Å². The first-order valence-corrected chi connectivity index (χ1v) is 5.44. The Balaban J connectivity index is 1.90. The Morgan fingerprint density at radius 1 is 1.12 bits per heavy atom. The summed E-state index contributed by atoms with van der Waals surface area (Å²) in [5.41, 5.74) is 2.20. The molecule has 0 bridgehead atoms. The van der Waals surface area contributed by atoms with Crippen molar-refractivity contribution < 1.29 is 4.74 Å². The normalized spacial score (nSPS) is 27.7. The summed E-state index contributed by atoms with van der Waals surface area (Å²) in [6.07, 6.45) is 3.80. The summed E-state index contributed by atoms with van der Waals surface area (Å²) in [7, 11) is 0. The van der Waals surface area contributed by atoms with E-state index < -0.39 is 0 Å². The number of hydrogen-bond donors (Lipinski definition) is 0. The molecule has 2 heteroatoms. The first-order chi connectivity index (χ1) is 7.81. The van der Waals surface area contributed by atoms with Crippen molar-refractivity contribution in [3.05, 3.63) is 66.0 Å². The van der Waals surface area contributed by atoms with Crippen molar-refractivity contribution in [1.82, 2.24) is 4.98 Å². The number of aromatic nitrogens is 1. The second kappa shape index (κ2) is 3.42. The third-order valence-corrected chi connectivity index (χ3v) is 3.14. The molecule has 2 aromatic rings. The topological polar surface area (TPSA) is 25.4 Å². The Kier molecular flexibility index (Phi) is 2.04. The first-order valence-electron chi connectivity index (χ1n) is 5.44. The van der Waals surface area contributed by atoms with Crippen LogP contribution in [0.25, 0.3) is 0 Å². The van der Waals surface area contributed by atoms with Crippen molar-refractivity contribution in [1.29, 1.82) is 0 Å². The summed E-state index contributed by atoms with van der Waals surface area (Å²) < 4.78 is 5.84. The van der Waals surface area contributed by atoms with Crippen LogP contribution >= 0.6 is 0 Å². The first kappa shape index (κ1) is 9.55. The van der Waals surface area contributed by atoms with Crippen LogP contribution in [0, 0.1) is 0 Å². The maximum atomic E-state index is 5.84. The summed E-state index contributed by atoms with van der Waals surface area (Å²) in [6.45, 7) is 2.12. The number of pyridine rings is 1.